The van der Waals surface area contributed by atoms with Gasteiger partial charge >= 0.3 is 0 Å². The Bertz CT molecular complexity index is 427. The lowest BCUT2D eigenvalue weighted by atomic mass is 9.84. The van der Waals surface area contributed by atoms with E-state index in [9.17, 15) is 0 Å². The summed E-state index contributed by atoms with van der Waals surface area (Å²) < 4.78 is 0. The van der Waals surface area contributed by atoms with Gasteiger partial charge in [0, 0.05) is 18.6 Å². The molecule has 0 spiro atoms. The van der Waals surface area contributed by atoms with E-state index in [1.807, 2.05) is 0 Å². The van der Waals surface area contributed by atoms with Gasteiger partial charge in [0.2, 0.25) is 0 Å². The SMILES string of the molecule is CC(N)C1CCCN(C2CCCc3ccccc32)C1. The van der Waals surface area contributed by atoms with E-state index in [2.05, 4.69) is 36.1 Å². The molecule has 1 aliphatic carbocycles. The molecule has 1 aromatic carbocycles. The molecule has 1 aliphatic heterocycles. The molecule has 0 bridgehead atoms. The molecular formula is C17H26N2. The average Bonchev–Trinajstić information content (AvgIpc) is 2.47. The molecule has 0 amide bonds. The van der Waals surface area contributed by atoms with Crippen molar-refractivity contribution in [2.45, 2.75) is 51.1 Å². The van der Waals surface area contributed by atoms with Crippen LogP contribution >= 0.6 is 0 Å². The van der Waals surface area contributed by atoms with Crippen molar-refractivity contribution >= 4 is 0 Å². The number of fused-ring (bicyclic) bond motifs is 1. The number of likely N-dealkylation sites (tertiary alicyclic amines) is 1. The number of rotatable bonds is 2. The molecule has 2 heteroatoms. The summed E-state index contributed by atoms with van der Waals surface area (Å²) in [6, 6.07) is 10.0. The Morgan fingerprint density at radius 2 is 2.05 bits per heavy atom. The molecule has 3 unspecified atom stereocenters. The molecule has 104 valence electrons. The molecule has 19 heavy (non-hydrogen) atoms. The summed E-state index contributed by atoms with van der Waals surface area (Å²) >= 11 is 0. The number of nitrogens with zero attached hydrogens (tertiary/aromatic N) is 1. The van der Waals surface area contributed by atoms with E-state index in [1.165, 1.54) is 45.2 Å². The maximum absolute atomic E-state index is 6.13. The molecule has 1 saturated heterocycles. The summed E-state index contributed by atoms with van der Waals surface area (Å²) in [6.07, 6.45) is 6.54. The van der Waals surface area contributed by atoms with E-state index in [4.69, 9.17) is 5.73 Å². The Labute approximate surface area is 117 Å². The lowest BCUT2D eigenvalue weighted by Crippen LogP contribution is -2.44. The average molecular weight is 258 g/mol. The maximum Gasteiger partial charge on any atom is 0.0351 e. The summed E-state index contributed by atoms with van der Waals surface area (Å²) in [6.45, 7) is 4.61. The van der Waals surface area contributed by atoms with E-state index in [1.54, 1.807) is 11.1 Å². The van der Waals surface area contributed by atoms with E-state index in [0.29, 0.717) is 18.0 Å². The first-order chi connectivity index (χ1) is 9.25. The lowest BCUT2D eigenvalue weighted by Gasteiger charge is -2.42. The van der Waals surface area contributed by atoms with Gasteiger partial charge in [0.05, 0.1) is 0 Å². The molecule has 0 aromatic heterocycles. The Kier molecular flexibility index (Phi) is 3.90. The fraction of sp³-hybridized carbons (Fsp3) is 0.647. The van der Waals surface area contributed by atoms with Crippen LogP contribution in [0.3, 0.4) is 0 Å². The molecule has 3 atom stereocenters. The third-order valence-electron chi connectivity index (χ3n) is 5.01. The van der Waals surface area contributed by atoms with E-state index >= 15 is 0 Å². The summed E-state index contributed by atoms with van der Waals surface area (Å²) in [5.74, 6) is 0.683. The smallest absolute Gasteiger partial charge is 0.0351 e. The van der Waals surface area contributed by atoms with Gasteiger partial charge in [-0.25, -0.2) is 0 Å². The van der Waals surface area contributed by atoms with Gasteiger partial charge in [-0.1, -0.05) is 24.3 Å². The van der Waals surface area contributed by atoms with Crippen LogP contribution < -0.4 is 5.73 Å². The van der Waals surface area contributed by atoms with Gasteiger partial charge in [0.15, 0.2) is 0 Å². The summed E-state index contributed by atoms with van der Waals surface area (Å²) in [4.78, 5) is 2.70. The van der Waals surface area contributed by atoms with Crippen LogP contribution in [0.15, 0.2) is 24.3 Å². The minimum Gasteiger partial charge on any atom is -0.328 e. The Morgan fingerprint density at radius 1 is 1.21 bits per heavy atom. The minimum absolute atomic E-state index is 0.335. The normalized spacial score (nSPS) is 29.8. The molecule has 3 rings (SSSR count). The molecule has 0 radical (unpaired) electrons. The number of nitrogens with two attached hydrogens (primary N) is 1. The molecule has 1 fully saturated rings. The second-order valence-electron chi connectivity index (χ2n) is 6.36. The van der Waals surface area contributed by atoms with Gasteiger partial charge in [-0.3, -0.25) is 4.90 Å². The quantitative estimate of drug-likeness (QED) is 0.883. The topological polar surface area (TPSA) is 29.3 Å². The van der Waals surface area contributed by atoms with Crippen LogP contribution in [0.4, 0.5) is 0 Å². The maximum atomic E-state index is 6.13. The molecule has 2 N–H and O–H groups in total. The summed E-state index contributed by atoms with van der Waals surface area (Å²) in [5.41, 5.74) is 9.28. The van der Waals surface area contributed by atoms with E-state index < -0.39 is 0 Å². The van der Waals surface area contributed by atoms with Crippen molar-refractivity contribution in [3.63, 3.8) is 0 Å². The lowest BCUT2D eigenvalue weighted by molar-refractivity contribution is 0.103. The predicted molar refractivity (Wildman–Crippen MR) is 80.1 cm³/mol. The zero-order chi connectivity index (χ0) is 13.2. The van der Waals surface area contributed by atoms with Crippen LogP contribution in [-0.4, -0.2) is 24.0 Å². The Hall–Kier alpha value is -0.860. The highest BCUT2D eigenvalue weighted by atomic mass is 15.2. The zero-order valence-corrected chi connectivity index (χ0v) is 12.0. The van der Waals surface area contributed by atoms with Crippen LogP contribution in [-0.2, 0) is 6.42 Å². The van der Waals surface area contributed by atoms with Crippen molar-refractivity contribution in [1.29, 1.82) is 0 Å². The van der Waals surface area contributed by atoms with E-state index in [-0.39, 0.29) is 0 Å². The van der Waals surface area contributed by atoms with Crippen molar-refractivity contribution in [2.75, 3.05) is 13.1 Å². The number of hydrogen-bond acceptors (Lipinski definition) is 2. The Balaban J connectivity index is 1.79. The molecule has 0 saturated carbocycles. The molecule has 2 aliphatic rings. The third-order valence-corrected chi connectivity index (χ3v) is 5.01. The van der Waals surface area contributed by atoms with Gasteiger partial charge in [-0.2, -0.15) is 0 Å². The second kappa shape index (κ2) is 5.64. The zero-order valence-electron chi connectivity index (χ0n) is 12.0. The highest BCUT2D eigenvalue weighted by Crippen LogP contribution is 2.36. The number of piperidine rings is 1. The highest BCUT2D eigenvalue weighted by molar-refractivity contribution is 5.32. The third kappa shape index (κ3) is 2.70. The monoisotopic (exact) mass is 258 g/mol. The summed E-state index contributed by atoms with van der Waals surface area (Å²) in [5, 5.41) is 0. The molecule has 2 nitrogen and oxygen atoms in total. The van der Waals surface area contributed by atoms with Crippen LogP contribution in [0.25, 0.3) is 0 Å². The van der Waals surface area contributed by atoms with Gasteiger partial charge in [-0.15, -0.1) is 0 Å². The predicted octanol–water partition coefficient (Wildman–Crippen LogP) is 3.12. The van der Waals surface area contributed by atoms with Crippen molar-refractivity contribution in [3.05, 3.63) is 35.4 Å². The molecule has 1 aromatic rings. The number of hydrogen-bond donors (Lipinski definition) is 1. The first-order valence-corrected chi connectivity index (χ1v) is 7.83. The fourth-order valence-electron chi connectivity index (χ4n) is 3.86. The van der Waals surface area contributed by atoms with Crippen LogP contribution in [0.2, 0.25) is 0 Å². The van der Waals surface area contributed by atoms with Crippen LogP contribution in [0.1, 0.15) is 49.8 Å². The van der Waals surface area contributed by atoms with Crippen LogP contribution in [0.5, 0.6) is 0 Å². The van der Waals surface area contributed by atoms with Crippen molar-refractivity contribution in [2.24, 2.45) is 11.7 Å². The second-order valence-corrected chi connectivity index (χ2v) is 6.36. The number of benzene rings is 1. The standard InChI is InChI=1S/C17H26N2/c1-13(18)15-8-5-11-19(12-15)17-10-4-7-14-6-2-3-9-16(14)17/h2-3,6,9,13,15,17H,4-5,7-8,10-12,18H2,1H3. The van der Waals surface area contributed by atoms with Crippen molar-refractivity contribution in [3.8, 4) is 0 Å². The van der Waals surface area contributed by atoms with Gasteiger partial charge in [0.25, 0.3) is 0 Å². The van der Waals surface area contributed by atoms with Gasteiger partial charge in [-0.05, 0) is 62.6 Å². The van der Waals surface area contributed by atoms with E-state index in [0.717, 1.165) is 0 Å². The van der Waals surface area contributed by atoms with Crippen molar-refractivity contribution < 1.29 is 0 Å². The minimum atomic E-state index is 0.335. The van der Waals surface area contributed by atoms with Gasteiger partial charge in [0.1, 0.15) is 0 Å². The largest absolute Gasteiger partial charge is 0.328 e. The van der Waals surface area contributed by atoms with Crippen molar-refractivity contribution in [1.82, 2.24) is 4.90 Å². The molecule has 1 heterocycles. The van der Waals surface area contributed by atoms with Crippen LogP contribution in [0, 0.1) is 5.92 Å². The first kappa shape index (κ1) is 13.1. The Morgan fingerprint density at radius 3 is 2.89 bits per heavy atom. The number of aryl methyl sites for hydroxylation is 1. The molecular weight excluding hydrogens is 232 g/mol. The fourth-order valence-corrected chi connectivity index (χ4v) is 3.86. The van der Waals surface area contributed by atoms with Gasteiger partial charge < -0.3 is 5.73 Å². The first-order valence-electron chi connectivity index (χ1n) is 7.83. The highest BCUT2D eigenvalue weighted by Gasteiger charge is 2.30. The summed E-state index contributed by atoms with van der Waals surface area (Å²) in [7, 11) is 0.